The fourth-order valence-corrected chi connectivity index (χ4v) is 2.80. The van der Waals surface area contributed by atoms with Gasteiger partial charge in [0.25, 0.3) is 0 Å². The number of carbonyl (C=O) groups excluding carboxylic acids is 2. The number of hydrogen-bond donors (Lipinski definition) is 0. The Balaban J connectivity index is 2.36. The standard InChI is InChI=1S/C12H17NO3/c1-13-6-4-9-7-10(14)3-5-12(9,8-13)11(15)16-2/h3,5,9H,4,6-8H2,1-2H3/t9-,12+/m0/s1. The smallest absolute Gasteiger partial charge is 0.317 e. The Morgan fingerprint density at radius 1 is 1.62 bits per heavy atom. The number of rotatable bonds is 1. The normalized spacial score (nSPS) is 34.6. The van der Waals surface area contributed by atoms with Gasteiger partial charge in [-0.05, 0) is 32.0 Å². The molecule has 4 heteroatoms. The van der Waals surface area contributed by atoms with Gasteiger partial charge in [-0.1, -0.05) is 6.08 Å². The van der Waals surface area contributed by atoms with Crippen molar-refractivity contribution in [2.75, 3.05) is 27.2 Å². The van der Waals surface area contributed by atoms with Gasteiger partial charge in [0, 0.05) is 13.0 Å². The Labute approximate surface area is 95.2 Å². The van der Waals surface area contributed by atoms with Crippen LogP contribution in [-0.4, -0.2) is 43.9 Å². The van der Waals surface area contributed by atoms with Crippen LogP contribution in [0.25, 0.3) is 0 Å². The van der Waals surface area contributed by atoms with Crippen molar-refractivity contribution in [3.05, 3.63) is 12.2 Å². The number of fused-ring (bicyclic) bond motifs is 1. The Bertz CT molecular complexity index is 350. The molecule has 1 fully saturated rings. The molecule has 0 saturated carbocycles. The van der Waals surface area contributed by atoms with Crippen LogP contribution in [0.4, 0.5) is 0 Å². The van der Waals surface area contributed by atoms with E-state index in [1.165, 1.54) is 13.2 Å². The fourth-order valence-electron chi connectivity index (χ4n) is 2.80. The number of allylic oxidation sites excluding steroid dienone is 1. The van der Waals surface area contributed by atoms with E-state index in [1.807, 2.05) is 7.05 Å². The first-order valence-corrected chi connectivity index (χ1v) is 5.57. The van der Waals surface area contributed by atoms with Crippen LogP contribution in [0, 0.1) is 11.3 Å². The third-order valence-corrected chi connectivity index (χ3v) is 3.70. The van der Waals surface area contributed by atoms with E-state index in [9.17, 15) is 9.59 Å². The second-order valence-corrected chi connectivity index (χ2v) is 4.76. The highest BCUT2D eigenvalue weighted by atomic mass is 16.5. The molecule has 2 atom stereocenters. The molecule has 16 heavy (non-hydrogen) atoms. The summed E-state index contributed by atoms with van der Waals surface area (Å²) in [6.07, 6.45) is 4.64. The van der Waals surface area contributed by atoms with Crippen molar-refractivity contribution < 1.29 is 14.3 Å². The summed E-state index contributed by atoms with van der Waals surface area (Å²) in [4.78, 5) is 25.5. The number of methoxy groups -OCH3 is 1. The van der Waals surface area contributed by atoms with Crippen LogP contribution >= 0.6 is 0 Å². The van der Waals surface area contributed by atoms with E-state index in [-0.39, 0.29) is 17.7 Å². The largest absolute Gasteiger partial charge is 0.468 e. The predicted octanol–water partition coefficient (Wildman–Crippen LogP) is 0.626. The van der Waals surface area contributed by atoms with E-state index in [1.54, 1.807) is 6.08 Å². The number of ether oxygens (including phenoxy) is 1. The van der Waals surface area contributed by atoms with Crippen molar-refractivity contribution in [1.29, 1.82) is 0 Å². The lowest BCUT2D eigenvalue weighted by atomic mass is 9.66. The average Bonchev–Trinajstić information content (AvgIpc) is 2.28. The zero-order valence-corrected chi connectivity index (χ0v) is 9.73. The molecular formula is C12H17NO3. The number of nitrogens with zero attached hydrogens (tertiary/aromatic N) is 1. The lowest BCUT2D eigenvalue weighted by Crippen LogP contribution is -2.53. The molecule has 1 saturated heterocycles. The molecule has 88 valence electrons. The summed E-state index contributed by atoms with van der Waals surface area (Å²) >= 11 is 0. The van der Waals surface area contributed by atoms with Gasteiger partial charge in [-0.3, -0.25) is 9.59 Å². The van der Waals surface area contributed by atoms with Gasteiger partial charge in [-0.25, -0.2) is 0 Å². The van der Waals surface area contributed by atoms with Crippen LogP contribution in [-0.2, 0) is 14.3 Å². The predicted molar refractivity (Wildman–Crippen MR) is 58.8 cm³/mol. The molecule has 0 spiro atoms. The molecule has 1 aliphatic carbocycles. The van der Waals surface area contributed by atoms with Crippen molar-refractivity contribution in [3.63, 3.8) is 0 Å². The number of carbonyl (C=O) groups is 2. The molecule has 1 aliphatic heterocycles. The summed E-state index contributed by atoms with van der Waals surface area (Å²) in [6.45, 7) is 1.58. The monoisotopic (exact) mass is 223 g/mol. The Kier molecular flexibility index (Phi) is 2.84. The number of ketones is 1. The maximum absolute atomic E-state index is 12.0. The Morgan fingerprint density at radius 3 is 3.06 bits per heavy atom. The molecule has 0 bridgehead atoms. The SMILES string of the molecule is COC(=O)[C@@]12C=CC(=O)C[C@@H]1CCN(C)C2. The highest BCUT2D eigenvalue weighted by Crippen LogP contribution is 2.42. The van der Waals surface area contributed by atoms with E-state index < -0.39 is 5.41 Å². The van der Waals surface area contributed by atoms with Crippen molar-refractivity contribution in [2.45, 2.75) is 12.8 Å². The molecule has 2 aliphatic rings. The lowest BCUT2D eigenvalue weighted by Gasteiger charge is -2.44. The average molecular weight is 223 g/mol. The number of likely N-dealkylation sites (tertiary alicyclic amines) is 1. The topological polar surface area (TPSA) is 46.6 Å². The highest BCUT2D eigenvalue weighted by Gasteiger charge is 2.49. The summed E-state index contributed by atoms with van der Waals surface area (Å²) in [5, 5.41) is 0. The molecule has 1 heterocycles. The van der Waals surface area contributed by atoms with Crippen LogP contribution in [0.1, 0.15) is 12.8 Å². The summed E-state index contributed by atoms with van der Waals surface area (Å²) in [5.74, 6) is 0.00975. The van der Waals surface area contributed by atoms with Crippen LogP contribution in [0.2, 0.25) is 0 Å². The minimum atomic E-state index is -0.602. The van der Waals surface area contributed by atoms with E-state index in [2.05, 4.69) is 4.90 Å². The van der Waals surface area contributed by atoms with Gasteiger partial charge in [0.05, 0.1) is 7.11 Å². The van der Waals surface area contributed by atoms with Gasteiger partial charge in [-0.2, -0.15) is 0 Å². The highest BCUT2D eigenvalue weighted by molar-refractivity contribution is 5.94. The zero-order valence-electron chi connectivity index (χ0n) is 9.73. The first kappa shape index (κ1) is 11.3. The van der Waals surface area contributed by atoms with Crippen LogP contribution in [0.15, 0.2) is 12.2 Å². The van der Waals surface area contributed by atoms with Crippen LogP contribution in [0.5, 0.6) is 0 Å². The third kappa shape index (κ3) is 1.67. The summed E-state index contributed by atoms with van der Waals surface area (Å²) in [7, 11) is 3.40. The summed E-state index contributed by atoms with van der Waals surface area (Å²) in [5.41, 5.74) is -0.602. The first-order valence-electron chi connectivity index (χ1n) is 5.57. The van der Waals surface area contributed by atoms with E-state index >= 15 is 0 Å². The molecule has 0 radical (unpaired) electrons. The minimum Gasteiger partial charge on any atom is -0.468 e. The minimum absolute atomic E-state index is 0.105. The summed E-state index contributed by atoms with van der Waals surface area (Å²) < 4.78 is 4.91. The van der Waals surface area contributed by atoms with E-state index in [4.69, 9.17) is 4.74 Å². The maximum Gasteiger partial charge on any atom is 0.317 e. The van der Waals surface area contributed by atoms with Gasteiger partial charge < -0.3 is 9.64 Å². The molecule has 4 nitrogen and oxygen atoms in total. The quantitative estimate of drug-likeness (QED) is 0.612. The van der Waals surface area contributed by atoms with Crippen LogP contribution < -0.4 is 0 Å². The Morgan fingerprint density at radius 2 is 2.38 bits per heavy atom. The van der Waals surface area contributed by atoms with E-state index in [0.717, 1.165) is 13.0 Å². The Hall–Kier alpha value is -1.16. The summed E-state index contributed by atoms with van der Waals surface area (Å²) in [6, 6.07) is 0. The van der Waals surface area contributed by atoms with Crippen molar-refractivity contribution in [3.8, 4) is 0 Å². The van der Waals surface area contributed by atoms with Gasteiger partial charge in [0.1, 0.15) is 5.41 Å². The lowest BCUT2D eigenvalue weighted by molar-refractivity contribution is -0.157. The second kappa shape index (κ2) is 4.01. The first-order chi connectivity index (χ1) is 7.58. The molecule has 0 aromatic heterocycles. The van der Waals surface area contributed by atoms with Gasteiger partial charge in [0.15, 0.2) is 5.78 Å². The van der Waals surface area contributed by atoms with Crippen LogP contribution in [0.3, 0.4) is 0 Å². The van der Waals surface area contributed by atoms with Crippen molar-refractivity contribution >= 4 is 11.8 Å². The van der Waals surface area contributed by atoms with Crippen molar-refractivity contribution in [2.24, 2.45) is 11.3 Å². The maximum atomic E-state index is 12.0. The molecule has 0 aromatic carbocycles. The third-order valence-electron chi connectivity index (χ3n) is 3.70. The number of hydrogen-bond acceptors (Lipinski definition) is 4. The fraction of sp³-hybridized carbons (Fsp3) is 0.667. The number of esters is 1. The van der Waals surface area contributed by atoms with Gasteiger partial charge >= 0.3 is 5.97 Å². The molecule has 0 unspecified atom stereocenters. The van der Waals surface area contributed by atoms with Gasteiger partial charge in [-0.15, -0.1) is 0 Å². The molecular weight excluding hydrogens is 206 g/mol. The second-order valence-electron chi connectivity index (χ2n) is 4.76. The van der Waals surface area contributed by atoms with Gasteiger partial charge in [0.2, 0.25) is 0 Å². The van der Waals surface area contributed by atoms with Crippen molar-refractivity contribution in [1.82, 2.24) is 4.90 Å². The van der Waals surface area contributed by atoms with E-state index in [0.29, 0.717) is 13.0 Å². The molecule has 2 rings (SSSR count). The zero-order chi connectivity index (χ0) is 11.8. The molecule has 0 N–H and O–H groups in total. The molecule has 0 amide bonds. The molecule has 0 aromatic rings. The number of piperidine rings is 1.